The molecule has 8 rings (SSSR count). The van der Waals surface area contributed by atoms with Crippen LogP contribution in [0.1, 0.15) is 11.0 Å². The molecule has 0 aliphatic heterocycles. The average Bonchev–Trinajstić information content (AvgIpc) is 3.89. The lowest BCUT2D eigenvalue weighted by Gasteiger charge is -2.26. The van der Waals surface area contributed by atoms with Crippen LogP contribution < -0.4 is 4.90 Å². The molecule has 0 atom stereocenters. The summed E-state index contributed by atoms with van der Waals surface area (Å²) in [6, 6.07) is 21.0. The Bertz CT molecular complexity index is 2540. The summed E-state index contributed by atoms with van der Waals surface area (Å²) in [5.41, 5.74) is 4.13. The van der Waals surface area contributed by atoms with E-state index >= 15 is 0 Å². The zero-order valence-corrected chi connectivity index (χ0v) is 22.2. The monoisotopic (exact) mass is 565 g/mol. The lowest BCUT2D eigenvalue weighted by molar-refractivity contribution is 0.568. The van der Waals surface area contributed by atoms with Crippen LogP contribution >= 0.6 is 0 Å². The van der Waals surface area contributed by atoms with Gasteiger partial charge >= 0.3 is 0 Å². The zero-order chi connectivity index (χ0) is 35.6. The maximum atomic E-state index is 9.12. The van der Waals surface area contributed by atoms with Crippen molar-refractivity contribution >= 4 is 38.6 Å². The van der Waals surface area contributed by atoms with Gasteiger partial charge in [-0.25, -0.2) is 0 Å². The molecule has 8 aromatic rings. The summed E-state index contributed by atoms with van der Waals surface area (Å²) in [4.78, 5) is 1.98. The highest BCUT2D eigenvalue weighted by Crippen LogP contribution is 2.38. The van der Waals surface area contributed by atoms with Gasteiger partial charge < -0.3 is 13.7 Å². The van der Waals surface area contributed by atoms with Crippen LogP contribution in [0.5, 0.6) is 0 Å². The standard InChI is InChI=1S/C36H23N5O2/c1-2-4-27-19-28(6-5-24(27)3-1)29-7-8-31-21-34(18-13-30(31)20-29)41(32-14-9-25(10-15-32)35-39-37-22-42-35)33-16-11-26(12-17-33)36-40-38-23-43-36/h1-23H/i1D,2D,3D,4D,5D,6D,13D,19D. The fourth-order valence-electron chi connectivity index (χ4n) is 4.92. The van der Waals surface area contributed by atoms with Crippen molar-refractivity contribution in [2.75, 3.05) is 4.90 Å². The van der Waals surface area contributed by atoms with Crippen LogP contribution in [-0.2, 0) is 0 Å². The number of hydrogen-bond acceptors (Lipinski definition) is 7. The second-order valence-electron chi connectivity index (χ2n) is 9.58. The van der Waals surface area contributed by atoms with Crippen LogP contribution in [0.2, 0.25) is 0 Å². The minimum atomic E-state index is -0.521. The molecule has 204 valence electrons. The van der Waals surface area contributed by atoms with E-state index in [9.17, 15) is 0 Å². The lowest BCUT2D eigenvalue weighted by Crippen LogP contribution is -2.09. The fourth-order valence-corrected chi connectivity index (χ4v) is 4.92. The SMILES string of the molecule is [2H]c1c([2H])c([2H])c2c([2H])c(-c3ccc4cc(N(c5ccc(-c6nnco6)cc5)c5ccc(-c6nnco6)cc5)cc([2H])c4c3)c([2H])c([2H])c2c1[2H]. The largest absolute Gasteiger partial charge is 0.423 e. The minimum Gasteiger partial charge on any atom is -0.423 e. The van der Waals surface area contributed by atoms with Crippen molar-refractivity contribution in [3.63, 3.8) is 0 Å². The van der Waals surface area contributed by atoms with E-state index in [1.54, 1.807) is 24.3 Å². The number of anilines is 3. The highest BCUT2D eigenvalue weighted by molar-refractivity contribution is 5.94. The summed E-state index contributed by atoms with van der Waals surface area (Å²) in [6.07, 6.45) is 2.53. The van der Waals surface area contributed by atoms with Crippen LogP contribution in [0.25, 0.3) is 55.6 Å². The first-order valence-electron chi connectivity index (χ1n) is 17.2. The first-order valence-corrected chi connectivity index (χ1v) is 13.2. The van der Waals surface area contributed by atoms with E-state index in [0.717, 1.165) is 22.5 Å². The topological polar surface area (TPSA) is 81.1 Å². The Morgan fingerprint density at radius 1 is 0.488 bits per heavy atom. The molecule has 2 aromatic heterocycles. The molecular formula is C36H23N5O2. The van der Waals surface area contributed by atoms with E-state index in [0.29, 0.717) is 33.8 Å². The molecule has 0 spiro atoms. The van der Waals surface area contributed by atoms with Crippen LogP contribution in [0.3, 0.4) is 0 Å². The molecule has 43 heavy (non-hydrogen) atoms. The molecule has 0 aliphatic rings. The molecule has 0 aliphatic carbocycles. The van der Waals surface area contributed by atoms with E-state index < -0.39 is 30.2 Å². The van der Waals surface area contributed by atoms with Crippen molar-refractivity contribution in [3.8, 4) is 34.0 Å². The van der Waals surface area contributed by atoms with Gasteiger partial charge in [0.2, 0.25) is 24.6 Å². The molecule has 6 aromatic carbocycles. The first-order chi connectivity index (χ1) is 24.6. The molecule has 0 unspecified atom stereocenters. The van der Waals surface area contributed by atoms with Crippen LogP contribution in [0, 0.1) is 0 Å². The molecule has 0 amide bonds. The predicted octanol–water partition coefficient (Wildman–Crippen LogP) is 9.23. The third-order valence-corrected chi connectivity index (χ3v) is 6.99. The molecule has 7 heteroatoms. The Morgan fingerprint density at radius 3 is 1.74 bits per heavy atom. The second kappa shape index (κ2) is 10.4. The Balaban J connectivity index is 1.26. The van der Waals surface area contributed by atoms with Crippen LogP contribution in [-0.4, -0.2) is 20.4 Å². The van der Waals surface area contributed by atoms with E-state index in [1.807, 2.05) is 59.5 Å². The smallest absolute Gasteiger partial charge is 0.247 e. The Kier molecular flexibility index (Phi) is 4.27. The van der Waals surface area contributed by atoms with E-state index in [-0.39, 0.29) is 34.5 Å². The molecule has 0 radical (unpaired) electrons. The maximum absolute atomic E-state index is 9.12. The number of rotatable bonds is 6. The summed E-state index contributed by atoms with van der Waals surface area (Å²) >= 11 is 0. The number of hydrogen-bond donors (Lipinski definition) is 0. The van der Waals surface area contributed by atoms with Gasteiger partial charge in [-0.3, -0.25) is 0 Å². The average molecular weight is 566 g/mol. The van der Waals surface area contributed by atoms with Gasteiger partial charge in [-0.1, -0.05) is 54.4 Å². The Hall–Kier alpha value is -6.08. The predicted molar refractivity (Wildman–Crippen MR) is 168 cm³/mol. The molecule has 2 heterocycles. The number of benzene rings is 6. The number of nitrogens with zero attached hydrogens (tertiary/aromatic N) is 5. The summed E-state index contributed by atoms with van der Waals surface area (Å²) in [6.45, 7) is 0. The molecule has 0 N–H and O–H groups in total. The molecule has 0 saturated heterocycles. The van der Waals surface area contributed by atoms with Crippen molar-refractivity contribution < 1.29 is 19.8 Å². The Labute approximate surface area is 257 Å². The van der Waals surface area contributed by atoms with Gasteiger partial charge in [-0.15, -0.1) is 20.4 Å². The zero-order valence-electron chi connectivity index (χ0n) is 30.2. The van der Waals surface area contributed by atoms with Gasteiger partial charge in [0.05, 0.1) is 11.0 Å². The van der Waals surface area contributed by atoms with Crippen molar-refractivity contribution in [1.29, 1.82) is 0 Å². The van der Waals surface area contributed by atoms with Crippen LogP contribution in [0.15, 0.2) is 149 Å². The van der Waals surface area contributed by atoms with E-state index in [1.165, 1.54) is 12.8 Å². The van der Waals surface area contributed by atoms with Gasteiger partial charge in [-0.05, 0) is 105 Å². The van der Waals surface area contributed by atoms with Crippen molar-refractivity contribution in [2.24, 2.45) is 0 Å². The van der Waals surface area contributed by atoms with Gasteiger partial charge in [-0.2, -0.15) is 0 Å². The van der Waals surface area contributed by atoms with Gasteiger partial charge in [0.1, 0.15) is 0 Å². The lowest BCUT2D eigenvalue weighted by atomic mass is 9.98. The normalized spacial score (nSPS) is 13.9. The number of aromatic nitrogens is 4. The minimum absolute atomic E-state index is 0.0483. The summed E-state index contributed by atoms with van der Waals surface area (Å²) in [7, 11) is 0. The third-order valence-electron chi connectivity index (χ3n) is 6.99. The number of fused-ring (bicyclic) bond motifs is 2. The molecular weight excluding hydrogens is 534 g/mol. The van der Waals surface area contributed by atoms with Crippen molar-refractivity contribution in [2.45, 2.75) is 0 Å². The highest BCUT2D eigenvalue weighted by Gasteiger charge is 2.15. The highest BCUT2D eigenvalue weighted by atomic mass is 16.4. The van der Waals surface area contributed by atoms with Crippen molar-refractivity contribution in [1.82, 2.24) is 20.4 Å². The quantitative estimate of drug-likeness (QED) is 0.199. The summed E-state index contributed by atoms with van der Waals surface area (Å²) < 4.78 is 79.1. The summed E-state index contributed by atoms with van der Waals surface area (Å²) in [5.74, 6) is 0.755. The molecule has 7 nitrogen and oxygen atoms in total. The fraction of sp³-hybridized carbons (Fsp3) is 0. The second-order valence-corrected chi connectivity index (χ2v) is 9.58. The molecule has 0 fully saturated rings. The van der Waals surface area contributed by atoms with Gasteiger partial charge in [0.25, 0.3) is 0 Å². The van der Waals surface area contributed by atoms with E-state index in [4.69, 9.17) is 19.8 Å². The first kappa shape index (κ1) is 17.7. The van der Waals surface area contributed by atoms with Crippen LogP contribution in [0.4, 0.5) is 17.1 Å². The third kappa shape index (κ3) is 4.69. The summed E-state index contributed by atoms with van der Waals surface area (Å²) in [5, 5.41) is 16.4. The Morgan fingerprint density at radius 2 is 1.12 bits per heavy atom. The van der Waals surface area contributed by atoms with Gasteiger partial charge in [0.15, 0.2) is 0 Å². The molecule has 0 saturated carbocycles. The van der Waals surface area contributed by atoms with Gasteiger partial charge in [0, 0.05) is 28.2 Å². The maximum Gasteiger partial charge on any atom is 0.247 e. The molecule has 0 bridgehead atoms. The van der Waals surface area contributed by atoms with E-state index in [2.05, 4.69) is 20.4 Å². The van der Waals surface area contributed by atoms with Crippen molar-refractivity contribution in [3.05, 3.63) is 140 Å².